The third kappa shape index (κ3) is 5.26. The number of thiazole rings is 2. The van der Waals surface area contributed by atoms with Crippen LogP contribution in [0.5, 0.6) is 11.5 Å². The molecule has 26 heavy (non-hydrogen) atoms. The number of nitrogens with one attached hydrogen (secondary N) is 2. The molecular weight excluding hydrogens is 376 g/mol. The summed E-state index contributed by atoms with van der Waals surface area (Å²) in [5.41, 5.74) is 0. The van der Waals surface area contributed by atoms with Gasteiger partial charge in [-0.2, -0.15) is 0 Å². The van der Waals surface area contributed by atoms with E-state index in [1.54, 1.807) is 47.4 Å². The third-order valence-electron chi connectivity index (χ3n) is 2.92. The Labute approximate surface area is 156 Å². The Hall–Kier alpha value is -2.98. The van der Waals surface area contributed by atoms with Crippen molar-refractivity contribution in [2.45, 2.75) is 0 Å². The van der Waals surface area contributed by atoms with Crippen LogP contribution in [-0.2, 0) is 9.59 Å². The Balaban J connectivity index is 1.50. The van der Waals surface area contributed by atoms with Gasteiger partial charge in [-0.1, -0.05) is 12.1 Å². The zero-order valence-electron chi connectivity index (χ0n) is 13.4. The molecule has 0 fully saturated rings. The van der Waals surface area contributed by atoms with E-state index in [9.17, 15) is 9.59 Å². The van der Waals surface area contributed by atoms with Crippen LogP contribution < -0.4 is 20.1 Å². The van der Waals surface area contributed by atoms with Gasteiger partial charge in [-0.25, -0.2) is 9.97 Å². The lowest BCUT2D eigenvalue weighted by Crippen LogP contribution is -2.21. The van der Waals surface area contributed by atoms with Gasteiger partial charge in [0.2, 0.25) is 0 Å². The van der Waals surface area contributed by atoms with Gasteiger partial charge in [0.05, 0.1) is 0 Å². The molecule has 0 atom stereocenters. The molecule has 0 aliphatic rings. The first-order chi connectivity index (χ1) is 12.7. The second kappa shape index (κ2) is 8.92. The molecule has 0 spiro atoms. The molecule has 0 unspecified atom stereocenters. The second-order valence-corrected chi connectivity index (χ2v) is 6.58. The summed E-state index contributed by atoms with van der Waals surface area (Å²) in [6, 6.07) is 6.81. The molecule has 8 nitrogen and oxygen atoms in total. The first-order valence-corrected chi connectivity index (χ1v) is 9.20. The van der Waals surface area contributed by atoms with Crippen molar-refractivity contribution in [3.63, 3.8) is 0 Å². The van der Waals surface area contributed by atoms with Crippen molar-refractivity contribution < 1.29 is 19.1 Å². The minimum atomic E-state index is -0.337. The largest absolute Gasteiger partial charge is 0.480 e. The number of hydrogen-bond donors (Lipinski definition) is 2. The molecule has 10 heteroatoms. The van der Waals surface area contributed by atoms with E-state index in [-0.39, 0.29) is 25.0 Å². The molecule has 2 aromatic heterocycles. The normalized spacial score (nSPS) is 10.2. The van der Waals surface area contributed by atoms with E-state index in [0.717, 1.165) is 0 Å². The number of hydrogen-bond acceptors (Lipinski definition) is 8. The Bertz CT molecular complexity index is 782. The number of carbonyl (C=O) groups excluding carboxylic acids is 2. The molecule has 0 aliphatic heterocycles. The molecule has 0 radical (unpaired) electrons. The number of benzene rings is 1. The molecule has 0 aliphatic carbocycles. The van der Waals surface area contributed by atoms with Crippen molar-refractivity contribution in [2.24, 2.45) is 0 Å². The first-order valence-electron chi connectivity index (χ1n) is 7.44. The standard InChI is InChI=1S/C16H14N4O4S2/c21-13(19-15-17-5-7-25-15)9-23-11-3-1-2-4-12(11)24-10-14(22)20-16-18-6-8-26-16/h1-8H,9-10H2,(H,17,19,21)(H,18,20,22). The van der Waals surface area contributed by atoms with E-state index in [1.807, 2.05) is 0 Å². The SMILES string of the molecule is O=C(COc1ccccc1OCC(=O)Nc1nccs1)Nc1nccs1. The van der Waals surface area contributed by atoms with Crippen LogP contribution >= 0.6 is 22.7 Å². The lowest BCUT2D eigenvalue weighted by molar-refractivity contribution is -0.119. The number of para-hydroxylation sites is 2. The summed E-state index contributed by atoms with van der Waals surface area (Å²) in [5, 5.41) is 9.76. The average Bonchev–Trinajstić information content (AvgIpc) is 3.33. The summed E-state index contributed by atoms with van der Waals surface area (Å²) >= 11 is 2.63. The van der Waals surface area contributed by atoms with E-state index < -0.39 is 0 Å². The van der Waals surface area contributed by atoms with Gasteiger partial charge in [0.15, 0.2) is 35.0 Å². The summed E-state index contributed by atoms with van der Waals surface area (Å²) in [6.45, 7) is -0.406. The van der Waals surface area contributed by atoms with E-state index >= 15 is 0 Å². The van der Waals surface area contributed by atoms with Gasteiger partial charge >= 0.3 is 0 Å². The van der Waals surface area contributed by atoms with Crippen LogP contribution in [0.3, 0.4) is 0 Å². The molecule has 0 bridgehead atoms. The highest BCUT2D eigenvalue weighted by molar-refractivity contribution is 7.14. The number of amides is 2. The first kappa shape index (κ1) is 17.8. The number of aromatic nitrogens is 2. The summed E-state index contributed by atoms with van der Waals surface area (Å²) < 4.78 is 11.0. The Morgan fingerprint density at radius 1 is 0.846 bits per heavy atom. The zero-order chi connectivity index (χ0) is 18.2. The summed E-state index contributed by atoms with van der Waals surface area (Å²) in [7, 11) is 0. The van der Waals surface area contributed by atoms with E-state index in [0.29, 0.717) is 21.8 Å². The minimum Gasteiger partial charge on any atom is -0.480 e. The highest BCUT2D eigenvalue weighted by Crippen LogP contribution is 2.26. The van der Waals surface area contributed by atoms with Crippen molar-refractivity contribution in [1.29, 1.82) is 0 Å². The third-order valence-corrected chi connectivity index (χ3v) is 4.30. The van der Waals surface area contributed by atoms with Crippen LogP contribution in [0.4, 0.5) is 10.3 Å². The van der Waals surface area contributed by atoms with E-state index in [1.165, 1.54) is 22.7 Å². The van der Waals surface area contributed by atoms with Crippen LogP contribution in [0.15, 0.2) is 47.4 Å². The second-order valence-electron chi connectivity index (χ2n) is 4.79. The topological polar surface area (TPSA) is 102 Å². The number of carbonyl (C=O) groups is 2. The van der Waals surface area contributed by atoms with Gasteiger partial charge in [-0.05, 0) is 12.1 Å². The molecule has 2 amide bonds. The fraction of sp³-hybridized carbons (Fsp3) is 0.125. The highest BCUT2D eigenvalue weighted by Gasteiger charge is 2.11. The Morgan fingerprint density at radius 2 is 1.31 bits per heavy atom. The van der Waals surface area contributed by atoms with Crippen molar-refractivity contribution in [1.82, 2.24) is 9.97 Å². The molecule has 2 heterocycles. The van der Waals surface area contributed by atoms with Gasteiger partial charge < -0.3 is 9.47 Å². The maximum Gasteiger partial charge on any atom is 0.264 e. The predicted octanol–water partition coefficient (Wildman–Crippen LogP) is 2.63. The summed E-state index contributed by atoms with van der Waals surface area (Å²) in [6.07, 6.45) is 3.20. The number of anilines is 2. The van der Waals surface area contributed by atoms with Crippen molar-refractivity contribution >= 4 is 44.8 Å². The molecule has 3 aromatic rings. The number of ether oxygens (including phenoxy) is 2. The Kier molecular flexibility index (Phi) is 6.12. The van der Waals surface area contributed by atoms with Gasteiger partial charge in [-0.15, -0.1) is 22.7 Å². The average molecular weight is 390 g/mol. The van der Waals surface area contributed by atoms with Gasteiger partial charge in [0.1, 0.15) is 0 Å². The summed E-state index contributed by atoms with van der Waals surface area (Å²) in [4.78, 5) is 31.6. The minimum absolute atomic E-state index is 0.203. The molecule has 3 rings (SSSR count). The molecule has 0 saturated carbocycles. The monoisotopic (exact) mass is 390 g/mol. The smallest absolute Gasteiger partial charge is 0.264 e. The fourth-order valence-electron chi connectivity index (χ4n) is 1.86. The molecule has 134 valence electrons. The lowest BCUT2D eigenvalue weighted by Gasteiger charge is -2.12. The molecule has 1 aromatic carbocycles. The molecule has 2 N–H and O–H groups in total. The van der Waals surface area contributed by atoms with Crippen molar-refractivity contribution in [3.8, 4) is 11.5 Å². The van der Waals surface area contributed by atoms with Crippen molar-refractivity contribution in [2.75, 3.05) is 23.8 Å². The Morgan fingerprint density at radius 3 is 1.69 bits per heavy atom. The number of rotatable bonds is 8. The quantitative estimate of drug-likeness (QED) is 0.613. The predicted molar refractivity (Wildman–Crippen MR) is 98.9 cm³/mol. The van der Waals surface area contributed by atoms with Crippen LogP contribution in [-0.4, -0.2) is 35.0 Å². The lowest BCUT2D eigenvalue weighted by atomic mass is 10.3. The van der Waals surface area contributed by atoms with Gasteiger partial charge in [-0.3, -0.25) is 20.2 Å². The van der Waals surface area contributed by atoms with Crippen LogP contribution in [0.1, 0.15) is 0 Å². The van der Waals surface area contributed by atoms with Crippen LogP contribution in [0, 0.1) is 0 Å². The number of nitrogens with zero attached hydrogens (tertiary/aromatic N) is 2. The van der Waals surface area contributed by atoms with Crippen molar-refractivity contribution in [3.05, 3.63) is 47.4 Å². The van der Waals surface area contributed by atoms with E-state index in [4.69, 9.17) is 9.47 Å². The van der Waals surface area contributed by atoms with Crippen LogP contribution in [0.25, 0.3) is 0 Å². The maximum atomic E-state index is 11.9. The fourth-order valence-corrected chi connectivity index (χ4v) is 2.95. The van der Waals surface area contributed by atoms with E-state index in [2.05, 4.69) is 20.6 Å². The van der Waals surface area contributed by atoms with Gasteiger partial charge in [0, 0.05) is 23.2 Å². The van der Waals surface area contributed by atoms with Gasteiger partial charge in [0.25, 0.3) is 11.8 Å². The zero-order valence-corrected chi connectivity index (χ0v) is 15.0. The maximum absolute atomic E-state index is 11.9. The van der Waals surface area contributed by atoms with Crippen LogP contribution in [0.2, 0.25) is 0 Å². The molecular formula is C16H14N4O4S2. The highest BCUT2D eigenvalue weighted by atomic mass is 32.1. The molecule has 0 saturated heterocycles. The summed E-state index contributed by atoms with van der Waals surface area (Å²) in [5.74, 6) is 0.0557.